The van der Waals surface area contributed by atoms with Gasteiger partial charge >= 0.3 is 0 Å². The first-order chi connectivity index (χ1) is 8.51. The highest BCUT2D eigenvalue weighted by Gasteiger charge is 2.17. The van der Waals surface area contributed by atoms with Crippen LogP contribution in [0, 0.1) is 0 Å². The fraction of sp³-hybridized carbons (Fsp3) is 0.455. The standard InChI is InChI=1S/C11H17BrN2O3S.ClH/c1-17-9-4-5-10(12)11(8-9)18(15,16)14-7-3-2-6-13;/h4-5,8,14H,2-3,6-7,13H2,1H3;1H. The number of rotatable bonds is 7. The van der Waals surface area contributed by atoms with Crippen molar-refractivity contribution < 1.29 is 13.2 Å². The number of hydrogen-bond donors (Lipinski definition) is 2. The van der Waals surface area contributed by atoms with Crippen LogP contribution in [-0.2, 0) is 10.0 Å². The van der Waals surface area contributed by atoms with E-state index in [1.54, 1.807) is 12.1 Å². The van der Waals surface area contributed by atoms with Crippen LogP contribution in [0.3, 0.4) is 0 Å². The van der Waals surface area contributed by atoms with Gasteiger partial charge in [0.15, 0.2) is 0 Å². The van der Waals surface area contributed by atoms with Crippen molar-refractivity contribution in [3.8, 4) is 5.75 Å². The Morgan fingerprint density at radius 2 is 2.05 bits per heavy atom. The molecule has 0 saturated carbocycles. The Bertz CT molecular complexity index is 497. The van der Waals surface area contributed by atoms with Crippen LogP contribution in [0.2, 0.25) is 0 Å². The Labute approximate surface area is 128 Å². The minimum atomic E-state index is -3.52. The molecule has 0 aliphatic heterocycles. The van der Waals surface area contributed by atoms with Crippen LogP contribution in [0.1, 0.15) is 12.8 Å². The van der Waals surface area contributed by atoms with Crippen LogP contribution >= 0.6 is 28.3 Å². The molecule has 0 heterocycles. The number of ether oxygens (including phenoxy) is 1. The van der Waals surface area contributed by atoms with Gasteiger partial charge in [0.05, 0.1) is 12.0 Å². The Kier molecular flexibility index (Phi) is 8.60. The molecular weight excluding hydrogens is 356 g/mol. The average Bonchev–Trinajstić information content (AvgIpc) is 2.35. The first kappa shape index (κ1) is 18.7. The van der Waals surface area contributed by atoms with E-state index in [1.165, 1.54) is 13.2 Å². The fourth-order valence-electron chi connectivity index (χ4n) is 1.37. The molecule has 0 aromatic heterocycles. The monoisotopic (exact) mass is 372 g/mol. The van der Waals surface area contributed by atoms with Crippen LogP contribution in [0.5, 0.6) is 5.75 Å². The number of methoxy groups -OCH3 is 1. The summed E-state index contributed by atoms with van der Waals surface area (Å²) in [5, 5.41) is 0. The van der Waals surface area contributed by atoms with E-state index in [9.17, 15) is 8.42 Å². The summed E-state index contributed by atoms with van der Waals surface area (Å²) in [6.07, 6.45) is 1.51. The van der Waals surface area contributed by atoms with Crippen molar-refractivity contribution >= 4 is 38.4 Å². The first-order valence-electron chi connectivity index (χ1n) is 5.54. The number of sulfonamides is 1. The van der Waals surface area contributed by atoms with E-state index in [0.29, 0.717) is 23.3 Å². The highest BCUT2D eigenvalue weighted by molar-refractivity contribution is 9.10. The van der Waals surface area contributed by atoms with E-state index >= 15 is 0 Å². The lowest BCUT2D eigenvalue weighted by molar-refractivity contribution is 0.413. The molecule has 1 aromatic carbocycles. The van der Waals surface area contributed by atoms with Gasteiger partial charge in [-0.2, -0.15) is 0 Å². The second kappa shape index (κ2) is 8.76. The van der Waals surface area contributed by atoms with Gasteiger partial charge in [0.2, 0.25) is 10.0 Å². The summed E-state index contributed by atoms with van der Waals surface area (Å²) >= 11 is 3.22. The van der Waals surface area contributed by atoms with Crippen molar-refractivity contribution in [3.05, 3.63) is 22.7 Å². The van der Waals surface area contributed by atoms with E-state index in [-0.39, 0.29) is 17.3 Å². The SMILES string of the molecule is COc1ccc(Br)c(S(=O)(=O)NCCCCN)c1.Cl. The summed E-state index contributed by atoms with van der Waals surface area (Å²) in [5.41, 5.74) is 5.35. The topological polar surface area (TPSA) is 81.4 Å². The van der Waals surface area contributed by atoms with Crippen molar-refractivity contribution in [3.63, 3.8) is 0 Å². The lowest BCUT2D eigenvalue weighted by Crippen LogP contribution is -2.25. The molecule has 8 heteroatoms. The zero-order valence-electron chi connectivity index (χ0n) is 10.6. The quantitative estimate of drug-likeness (QED) is 0.715. The molecule has 1 aromatic rings. The minimum absolute atomic E-state index is 0. The zero-order valence-corrected chi connectivity index (χ0v) is 13.8. The molecule has 0 radical (unpaired) electrons. The molecule has 0 unspecified atom stereocenters. The molecule has 0 atom stereocenters. The van der Waals surface area contributed by atoms with Crippen molar-refractivity contribution in [2.75, 3.05) is 20.2 Å². The third kappa shape index (κ3) is 5.66. The Morgan fingerprint density at radius 3 is 2.63 bits per heavy atom. The molecule has 0 fully saturated rings. The van der Waals surface area contributed by atoms with Crippen LogP contribution in [-0.4, -0.2) is 28.6 Å². The number of nitrogens with two attached hydrogens (primary N) is 1. The predicted octanol–water partition coefficient (Wildman–Crippen LogP) is 1.90. The maximum absolute atomic E-state index is 12.1. The molecule has 1 rings (SSSR count). The van der Waals surface area contributed by atoms with Crippen LogP contribution in [0.4, 0.5) is 0 Å². The summed E-state index contributed by atoms with van der Waals surface area (Å²) in [6.45, 7) is 0.938. The van der Waals surface area contributed by atoms with Crippen molar-refractivity contribution in [1.29, 1.82) is 0 Å². The second-order valence-electron chi connectivity index (χ2n) is 3.69. The number of halogens is 2. The first-order valence-corrected chi connectivity index (χ1v) is 7.82. The van der Waals surface area contributed by atoms with E-state index in [4.69, 9.17) is 10.5 Å². The maximum Gasteiger partial charge on any atom is 0.241 e. The minimum Gasteiger partial charge on any atom is -0.497 e. The number of unbranched alkanes of at least 4 members (excludes halogenated alkanes) is 1. The Morgan fingerprint density at radius 1 is 1.37 bits per heavy atom. The molecule has 5 nitrogen and oxygen atoms in total. The van der Waals surface area contributed by atoms with Gasteiger partial charge in [-0.05, 0) is 47.4 Å². The largest absolute Gasteiger partial charge is 0.497 e. The third-order valence-electron chi connectivity index (χ3n) is 2.35. The molecule has 3 N–H and O–H groups in total. The van der Waals surface area contributed by atoms with E-state index in [2.05, 4.69) is 20.7 Å². The zero-order chi connectivity index (χ0) is 13.6. The average molecular weight is 374 g/mol. The smallest absolute Gasteiger partial charge is 0.241 e. The van der Waals surface area contributed by atoms with Gasteiger partial charge in [0, 0.05) is 17.1 Å². The van der Waals surface area contributed by atoms with Gasteiger partial charge < -0.3 is 10.5 Å². The van der Waals surface area contributed by atoms with E-state index in [1.807, 2.05) is 0 Å². The summed E-state index contributed by atoms with van der Waals surface area (Å²) in [5.74, 6) is 0.500. The van der Waals surface area contributed by atoms with Crippen molar-refractivity contribution in [2.45, 2.75) is 17.7 Å². The third-order valence-corrected chi connectivity index (χ3v) is 4.81. The van der Waals surface area contributed by atoms with Gasteiger partial charge in [-0.25, -0.2) is 13.1 Å². The number of nitrogens with one attached hydrogen (secondary N) is 1. The molecule has 110 valence electrons. The van der Waals surface area contributed by atoms with Crippen LogP contribution < -0.4 is 15.2 Å². The normalized spacial score (nSPS) is 10.9. The second-order valence-corrected chi connectivity index (χ2v) is 6.28. The lowest BCUT2D eigenvalue weighted by Gasteiger charge is -2.09. The highest BCUT2D eigenvalue weighted by atomic mass is 79.9. The van der Waals surface area contributed by atoms with Gasteiger partial charge in [-0.15, -0.1) is 12.4 Å². The van der Waals surface area contributed by atoms with Gasteiger partial charge in [-0.1, -0.05) is 0 Å². The summed E-state index contributed by atoms with van der Waals surface area (Å²) in [4.78, 5) is 0.176. The molecule has 0 aliphatic carbocycles. The van der Waals surface area contributed by atoms with E-state index in [0.717, 1.165) is 12.8 Å². The van der Waals surface area contributed by atoms with Gasteiger partial charge in [-0.3, -0.25) is 0 Å². The number of benzene rings is 1. The van der Waals surface area contributed by atoms with Gasteiger partial charge in [0.1, 0.15) is 5.75 Å². The lowest BCUT2D eigenvalue weighted by atomic mass is 10.3. The summed E-state index contributed by atoms with van der Waals surface area (Å²) < 4.78 is 32.2. The molecular formula is C11H18BrClN2O3S. The van der Waals surface area contributed by atoms with Crippen LogP contribution in [0.25, 0.3) is 0 Å². The Balaban J connectivity index is 0.00000324. The van der Waals surface area contributed by atoms with Crippen molar-refractivity contribution in [2.24, 2.45) is 5.73 Å². The fourth-order valence-corrected chi connectivity index (χ4v) is 3.42. The molecule has 0 saturated heterocycles. The molecule has 19 heavy (non-hydrogen) atoms. The Hall–Kier alpha value is -0.340. The summed E-state index contributed by atoms with van der Waals surface area (Å²) in [7, 11) is -2.03. The van der Waals surface area contributed by atoms with Gasteiger partial charge in [0.25, 0.3) is 0 Å². The molecule has 0 amide bonds. The highest BCUT2D eigenvalue weighted by Crippen LogP contribution is 2.26. The predicted molar refractivity (Wildman–Crippen MR) is 81.4 cm³/mol. The number of hydrogen-bond acceptors (Lipinski definition) is 4. The summed E-state index contributed by atoms with van der Waals surface area (Å²) in [6, 6.07) is 4.82. The van der Waals surface area contributed by atoms with Crippen molar-refractivity contribution in [1.82, 2.24) is 4.72 Å². The molecule has 0 aliphatic rings. The molecule has 0 bridgehead atoms. The molecule has 0 spiro atoms. The van der Waals surface area contributed by atoms with E-state index < -0.39 is 10.0 Å². The van der Waals surface area contributed by atoms with Crippen LogP contribution in [0.15, 0.2) is 27.6 Å². The maximum atomic E-state index is 12.1.